The average molecular weight is 283 g/mol. The van der Waals surface area contributed by atoms with E-state index in [4.69, 9.17) is 23.2 Å². The van der Waals surface area contributed by atoms with Gasteiger partial charge in [-0.3, -0.25) is 0 Å². The Kier molecular flexibility index (Phi) is 11.8. The first-order valence-corrected chi connectivity index (χ1v) is 7.09. The lowest BCUT2D eigenvalue weighted by Gasteiger charge is -1.98. The van der Waals surface area contributed by atoms with Crippen LogP contribution in [0.25, 0.3) is 11.1 Å². The molecular weight excluding hydrogens is 263 g/mol. The van der Waals surface area contributed by atoms with E-state index in [0.717, 1.165) is 11.8 Å². The average Bonchev–Trinajstić information content (AvgIpc) is 2.43. The molecule has 0 aliphatic rings. The largest absolute Gasteiger partial charge is 0.127 e. The molecule has 98 valence electrons. The summed E-state index contributed by atoms with van der Waals surface area (Å²) in [6.45, 7) is 3.78. The van der Waals surface area contributed by atoms with E-state index in [1.165, 1.54) is 11.1 Å². The minimum atomic E-state index is 0.722. The van der Waals surface area contributed by atoms with Crippen LogP contribution >= 0.6 is 23.2 Å². The van der Waals surface area contributed by atoms with Crippen molar-refractivity contribution in [2.75, 3.05) is 11.8 Å². The van der Waals surface area contributed by atoms with Gasteiger partial charge in [-0.2, -0.15) is 0 Å². The summed E-state index contributed by atoms with van der Waals surface area (Å²) in [6, 6.07) is 20.8. The maximum atomic E-state index is 5.00. The Labute approximate surface area is 121 Å². The molecule has 0 aromatic heterocycles. The van der Waals surface area contributed by atoms with Crippen molar-refractivity contribution in [1.29, 1.82) is 0 Å². The number of benzene rings is 2. The van der Waals surface area contributed by atoms with Crippen LogP contribution in [0.4, 0.5) is 0 Å². The third-order valence-corrected chi connectivity index (χ3v) is 1.88. The molecule has 0 N–H and O–H groups in total. The summed E-state index contributed by atoms with van der Waals surface area (Å²) in [5.41, 5.74) is 2.55. The van der Waals surface area contributed by atoms with Gasteiger partial charge < -0.3 is 0 Å². The molecule has 18 heavy (non-hydrogen) atoms. The van der Waals surface area contributed by atoms with Crippen molar-refractivity contribution in [2.24, 2.45) is 0 Å². The summed E-state index contributed by atoms with van der Waals surface area (Å²) in [7, 11) is 0. The van der Waals surface area contributed by atoms with E-state index >= 15 is 0 Å². The fraction of sp³-hybridized carbons (Fsp3) is 0.250. The quantitative estimate of drug-likeness (QED) is 0.576. The van der Waals surface area contributed by atoms with Crippen molar-refractivity contribution in [3.8, 4) is 11.1 Å². The SMILES string of the molecule is CCCl.CCCl.c1ccc(-c2ccccc2)cc1. The highest BCUT2D eigenvalue weighted by atomic mass is 35.5. The van der Waals surface area contributed by atoms with E-state index in [1.54, 1.807) is 0 Å². The first kappa shape index (κ1) is 17.0. The summed E-state index contributed by atoms with van der Waals surface area (Å²) in [6.07, 6.45) is 0. The second-order valence-corrected chi connectivity index (χ2v) is 4.34. The third kappa shape index (κ3) is 8.16. The third-order valence-electron chi connectivity index (χ3n) is 1.88. The molecule has 0 nitrogen and oxygen atoms in total. The minimum Gasteiger partial charge on any atom is -0.127 e. The Morgan fingerprint density at radius 1 is 0.611 bits per heavy atom. The zero-order chi connectivity index (χ0) is 13.6. The highest BCUT2D eigenvalue weighted by molar-refractivity contribution is 6.17. The van der Waals surface area contributed by atoms with Crippen LogP contribution in [-0.4, -0.2) is 11.8 Å². The van der Waals surface area contributed by atoms with E-state index in [-0.39, 0.29) is 0 Å². The monoisotopic (exact) mass is 282 g/mol. The number of alkyl halides is 2. The first-order valence-electron chi connectivity index (χ1n) is 6.02. The van der Waals surface area contributed by atoms with Gasteiger partial charge in [0.15, 0.2) is 0 Å². The second-order valence-electron chi connectivity index (χ2n) is 3.27. The molecule has 2 heteroatoms. The van der Waals surface area contributed by atoms with E-state index in [2.05, 4.69) is 48.5 Å². The van der Waals surface area contributed by atoms with Crippen molar-refractivity contribution in [1.82, 2.24) is 0 Å². The lowest BCUT2D eigenvalue weighted by molar-refractivity contribution is 1.51. The van der Waals surface area contributed by atoms with E-state index < -0.39 is 0 Å². The summed E-state index contributed by atoms with van der Waals surface area (Å²) in [5, 5.41) is 0. The van der Waals surface area contributed by atoms with Crippen LogP contribution in [0.5, 0.6) is 0 Å². The number of hydrogen-bond acceptors (Lipinski definition) is 0. The smallest absolute Gasteiger partial charge is 0.0195 e. The van der Waals surface area contributed by atoms with Crippen molar-refractivity contribution in [3.63, 3.8) is 0 Å². The molecule has 0 aliphatic carbocycles. The first-order chi connectivity index (χ1) is 8.79. The molecule has 0 aliphatic heterocycles. The van der Waals surface area contributed by atoms with Gasteiger partial charge in [0, 0.05) is 11.8 Å². The Hall–Kier alpha value is -0.980. The summed E-state index contributed by atoms with van der Waals surface area (Å²) in [5.74, 6) is 1.44. The van der Waals surface area contributed by atoms with E-state index in [1.807, 2.05) is 26.0 Å². The van der Waals surface area contributed by atoms with Gasteiger partial charge in [0.1, 0.15) is 0 Å². The number of rotatable bonds is 1. The normalized spacial score (nSPS) is 8.44. The predicted molar refractivity (Wildman–Crippen MR) is 84.7 cm³/mol. The van der Waals surface area contributed by atoms with Gasteiger partial charge in [0.25, 0.3) is 0 Å². The van der Waals surface area contributed by atoms with Crippen LogP contribution in [0, 0.1) is 0 Å². The highest BCUT2D eigenvalue weighted by Crippen LogP contribution is 2.17. The van der Waals surface area contributed by atoms with Gasteiger partial charge >= 0.3 is 0 Å². The van der Waals surface area contributed by atoms with Gasteiger partial charge in [-0.15, -0.1) is 23.2 Å². The molecule has 0 radical (unpaired) electrons. The minimum absolute atomic E-state index is 0.722. The fourth-order valence-electron chi connectivity index (χ4n) is 1.26. The Balaban J connectivity index is 0.000000414. The number of hydrogen-bond donors (Lipinski definition) is 0. The van der Waals surface area contributed by atoms with Gasteiger partial charge in [0.2, 0.25) is 0 Å². The maximum absolute atomic E-state index is 5.00. The van der Waals surface area contributed by atoms with Crippen LogP contribution in [0.15, 0.2) is 60.7 Å². The molecule has 0 unspecified atom stereocenters. The topological polar surface area (TPSA) is 0 Å². The maximum Gasteiger partial charge on any atom is 0.0195 e. The molecule has 0 amide bonds. The molecule has 0 atom stereocenters. The van der Waals surface area contributed by atoms with Crippen molar-refractivity contribution < 1.29 is 0 Å². The molecule has 2 rings (SSSR count). The second kappa shape index (κ2) is 12.5. The van der Waals surface area contributed by atoms with Crippen molar-refractivity contribution in [3.05, 3.63) is 60.7 Å². The van der Waals surface area contributed by atoms with Crippen LogP contribution in [-0.2, 0) is 0 Å². The summed E-state index contributed by atoms with van der Waals surface area (Å²) in [4.78, 5) is 0. The number of halogens is 2. The zero-order valence-corrected chi connectivity index (χ0v) is 12.5. The van der Waals surface area contributed by atoms with Crippen LogP contribution in [0.3, 0.4) is 0 Å². The molecule has 0 fully saturated rings. The van der Waals surface area contributed by atoms with E-state index in [9.17, 15) is 0 Å². The van der Waals surface area contributed by atoms with Gasteiger partial charge in [-0.1, -0.05) is 74.5 Å². The van der Waals surface area contributed by atoms with Gasteiger partial charge in [0.05, 0.1) is 0 Å². The molecule has 0 saturated heterocycles. The molecule has 2 aromatic carbocycles. The van der Waals surface area contributed by atoms with Crippen LogP contribution < -0.4 is 0 Å². The van der Waals surface area contributed by atoms with Crippen molar-refractivity contribution in [2.45, 2.75) is 13.8 Å². The predicted octanol–water partition coefficient (Wildman–Crippen LogP) is 5.84. The standard InChI is InChI=1S/C12H10.2C2H5Cl/c1-3-7-11(8-4-1)12-9-5-2-6-10-12;2*1-2-3/h1-10H;2*2H2,1H3. The molecule has 2 aromatic rings. The lowest BCUT2D eigenvalue weighted by Crippen LogP contribution is -1.73. The van der Waals surface area contributed by atoms with Crippen LogP contribution in [0.1, 0.15) is 13.8 Å². The van der Waals surface area contributed by atoms with E-state index in [0.29, 0.717) is 0 Å². The van der Waals surface area contributed by atoms with Gasteiger partial charge in [-0.05, 0) is 11.1 Å². The Bertz CT molecular complexity index is 331. The summed E-state index contributed by atoms with van der Waals surface area (Å²) >= 11 is 10.00. The van der Waals surface area contributed by atoms with Crippen LogP contribution in [0.2, 0.25) is 0 Å². The molecule has 0 spiro atoms. The molecule has 0 saturated carbocycles. The molecular formula is C16H20Cl2. The lowest BCUT2D eigenvalue weighted by atomic mass is 10.1. The molecule has 0 heterocycles. The fourth-order valence-corrected chi connectivity index (χ4v) is 1.26. The molecule has 0 bridgehead atoms. The Morgan fingerprint density at radius 2 is 0.833 bits per heavy atom. The van der Waals surface area contributed by atoms with Gasteiger partial charge in [-0.25, -0.2) is 0 Å². The zero-order valence-electron chi connectivity index (χ0n) is 10.9. The van der Waals surface area contributed by atoms with Crippen molar-refractivity contribution >= 4 is 23.2 Å². The summed E-state index contributed by atoms with van der Waals surface area (Å²) < 4.78 is 0. The Morgan fingerprint density at radius 3 is 1.06 bits per heavy atom. The highest BCUT2D eigenvalue weighted by Gasteiger charge is 1.91.